The molecule has 0 saturated carbocycles. The molecule has 8 nitrogen and oxygen atoms in total. The van der Waals surface area contributed by atoms with Crippen molar-refractivity contribution in [2.45, 2.75) is 6.04 Å². The number of hydrogen-bond donors (Lipinski definition) is 2. The van der Waals surface area contributed by atoms with Gasteiger partial charge in [0.2, 0.25) is 0 Å². The number of fused-ring (bicyclic) bond motifs is 5. The molecular weight excluding hydrogens is 456 g/mol. The van der Waals surface area contributed by atoms with E-state index in [2.05, 4.69) is 9.88 Å². The first-order valence-corrected chi connectivity index (χ1v) is 11.5. The highest BCUT2D eigenvalue weighted by Crippen LogP contribution is 2.46. The molecule has 5 aromatic rings. The fraction of sp³-hybridized carbons (Fsp3) is 0.143. The average molecular weight is 481 g/mol. The Bertz CT molecular complexity index is 1780. The molecule has 0 unspecified atom stereocenters. The maximum Gasteiger partial charge on any atom is 0.331 e. The SMILES string of the molecule is COc1ccc([C@H]2Nc3ccccc3-n3c(-c4ccccc4)c4c(=O)n(C)c(=O)n(C)c4c32)cc1O. The third-order valence-electron chi connectivity index (χ3n) is 6.91. The first kappa shape index (κ1) is 21.8. The molecule has 0 radical (unpaired) electrons. The van der Waals surface area contributed by atoms with Crippen molar-refractivity contribution in [2.75, 3.05) is 12.4 Å². The van der Waals surface area contributed by atoms with E-state index in [4.69, 9.17) is 4.74 Å². The number of ether oxygens (including phenoxy) is 1. The number of hydrogen-bond acceptors (Lipinski definition) is 5. The number of nitrogens with one attached hydrogen (secondary N) is 1. The minimum Gasteiger partial charge on any atom is -0.504 e. The molecule has 36 heavy (non-hydrogen) atoms. The molecule has 0 bridgehead atoms. The van der Waals surface area contributed by atoms with Crippen molar-refractivity contribution in [3.63, 3.8) is 0 Å². The second-order valence-electron chi connectivity index (χ2n) is 8.89. The molecular formula is C28H24N4O4. The molecule has 2 N–H and O–H groups in total. The van der Waals surface area contributed by atoms with Crippen molar-refractivity contribution >= 4 is 16.6 Å². The number of nitrogens with zero attached hydrogens (tertiary/aromatic N) is 3. The first-order valence-electron chi connectivity index (χ1n) is 11.5. The highest BCUT2D eigenvalue weighted by molar-refractivity contribution is 5.99. The molecule has 0 fully saturated rings. The van der Waals surface area contributed by atoms with Gasteiger partial charge in [-0.3, -0.25) is 13.9 Å². The van der Waals surface area contributed by atoms with Gasteiger partial charge in [-0.15, -0.1) is 0 Å². The Morgan fingerprint density at radius 2 is 1.64 bits per heavy atom. The molecule has 8 heteroatoms. The van der Waals surface area contributed by atoms with Crippen molar-refractivity contribution in [1.82, 2.24) is 13.7 Å². The van der Waals surface area contributed by atoms with Gasteiger partial charge in [0.1, 0.15) is 0 Å². The number of rotatable bonds is 3. The van der Waals surface area contributed by atoms with Gasteiger partial charge in [0.05, 0.1) is 46.8 Å². The predicted molar refractivity (Wildman–Crippen MR) is 139 cm³/mol. The maximum atomic E-state index is 13.7. The molecule has 2 aromatic heterocycles. The Morgan fingerprint density at radius 3 is 2.36 bits per heavy atom. The van der Waals surface area contributed by atoms with Crippen molar-refractivity contribution < 1.29 is 9.84 Å². The largest absolute Gasteiger partial charge is 0.504 e. The van der Waals surface area contributed by atoms with E-state index in [1.54, 1.807) is 19.2 Å². The Hall–Kier alpha value is -4.72. The topological polar surface area (TPSA) is 90.4 Å². The summed E-state index contributed by atoms with van der Waals surface area (Å²) in [5.41, 5.74) is 4.59. The summed E-state index contributed by atoms with van der Waals surface area (Å²) in [5.74, 6) is 0.368. The maximum absolute atomic E-state index is 13.7. The lowest BCUT2D eigenvalue weighted by Crippen LogP contribution is -2.37. The van der Waals surface area contributed by atoms with Gasteiger partial charge in [0.25, 0.3) is 5.56 Å². The lowest BCUT2D eigenvalue weighted by atomic mass is 9.99. The molecule has 3 aromatic carbocycles. The second-order valence-corrected chi connectivity index (χ2v) is 8.89. The van der Waals surface area contributed by atoms with Gasteiger partial charge in [-0.05, 0) is 35.4 Å². The minimum absolute atomic E-state index is 0.00570. The zero-order chi connectivity index (χ0) is 25.1. The number of benzene rings is 3. The molecule has 0 saturated heterocycles. The number of aromatic hydroxyl groups is 1. The third kappa shape index (κ3) is 2.94. The molecule has 180 valence electrons. The summed E-state index contributed by atoms with van der Waals surface area (Å²) in [6, 6.07) is 22.3. The van der Waals surface area contributed by atoms with E-state index in [1.807, 2.05) is 60.7 Å². The van der Waals surface area contributed by atoms with Crippen molar-refractivity contribution in [1.29, 1.82) is 0 Å². The molecule has 1 aliphatic rings. The smallest absolute Gasteiger partial charge is 0.331 e. The summed E-state index contributed by atoms with van der Waals surface area (Å²) < 4.78 is 9.99. The number of anilines is 1. The highest BCUT2D eigenvalue weighted by Gasteiger charge is 2.34. The Kier molecular flexibility index (Phi) is 4.79. The van der Waals surface area contributed by atoms with Crippen LogP contribution in [0.15, 0.2) is 82.4 Å². The van der Waals surface area contributed by atoms with Crippen LogP contribution in [0.1, 0.15) is 17.3 Å². The zero-order valence-electron chi connectivity index (χ0n) is 20.0. The molecule has 0 aliphatic carbocycles. The number of methoxy groups -OCH3 is 1. The van der Waals surface area contributed by atoms with Crippen LogP contribution < -0.4 is 21.3 Å². The molecule has 0 spiro atoms. The van der Waals surface area contributed by atoms with E-state index < -0.39 is 11.7 Å². The van der Waals surface area contributed by atoms with Gasteiger partial charge in [-0.25, -0.2) is 4.79 Å². The van der Waals surface area contributed by atoms with Gasteiger partial charge < -0.3 is 19.7 Å². The van der Waals surface area contributed by atoms with Gasteiger partial charge in [0, 0.05) is 14.1 Å². The summed E-state index contributed by atoms with van der Waals surface area (Å²) in [7, 11) is 4.68. The molecule has 6 rings (SSSR count). The first-order chi connectivity index (χ1) is 17.4. The molecule has 0 amide bonds. The third-order valence-corrected chi connectivity index (χ3v) is 6.91. The fourth-order valence-electron chi connectivity index (χ4n) is 5.22. The molecule has 3 heterocycles. The molecule has 1 atom stereocenters. The van der Waals surface area contributed by atoms with E-state index in [1.165, 1.54) is 18.7 Å². The molecule has 1 aliphatic heterocycles. The Morgan fingerprint density at radius 1 is 0.917 bits per heavy atom. The minimum atomic E-state index is -0.464. The standard InChI is InChI=1S/C28H24N4O4/c1-30-25-22(27(34)31(2)28(30)35)24(16-9-5-4-6-10-16)32-19-12-8-7-11-18(19)29-23(26(25)32)17-13-14-21(36-3)20(33)15-17/h4-15,23,29,33H,1-3H3/t23-/m1/s1. The van der Waals surface area contributed by atoms with Gasteiger partial charge in [-0.1, -0.05) is 48.5 Å². The summed E-state index contributed by atoms with van der Waals surface area (Å²) in [6.07, 6.45) is 0. The Balaban J connectivity index is 1.83. The number of aryl methyl sites for hydroxylation is 1. The quantitative estimate of drug-likeness (QED) is 0.409. The van der Waals surface area contributed by atoms with Gasteiger partial charge in [0.15, 0.2) is 11.5 Å². The fourth-order valence-corrected chi connectivity index (χ4v) is 5.22. The van der Waals surface area contributed by atoms with Crippen molar-refractivity contribution in [2.24, 2.45) is 14.1 Å². The van der Waals surface area contributed by atoms with Crippen molar-refractivity contribution in [3.05, 3.63) is 105 Å². The number of aromatic nitrogens is 3. The van der Waals surface area contributed by atoms with Crippen LogP contribution in [0.5, 0.6) is 11.5 Å². The van der Waals surface area contributed by atoms with Crippen LogP contribution in [0.3, 0.4) is 0 Å². The van der Waals surface area contributed by atoms with E-state index in [0.717, 1.165) is 32.8 Å². The monoisotopic (exact) mass is 480 g/mol. The summed E-state index contributed by atoms with van der Waals surface area (Å²) in [6.45, 7) is 0. The average Bonchev–Trinajstić information content (AvgIpc) is 3.27. The van der Waals surface area contributed by atoms with Crippen LogP contribution in [0.25, 0.3) is 27.8 Å². The summed E-state index contributed by atoms with van der Waals surface area (Å²) in [5, 5.41) is 14.6. The van der Waals surface area contributed by atoms with Gasteiger partial charge >= 0.3 is 5.69 Å². The second kappa shape index (κ2) is 7.91. The van der Waals surface area contributed by atoms with Gasteiger partial charge in [-0.2, -0.15) is 0 Å². The highest BCUT2D eigenvalue weighted by atomic mass is 16.5. The summed E-state index contributed by atoms with van der Waals surface area (Å²) in [4.78, 5) is 26.8. The van der Waals surface area contributed by atoms with E-state index in [9.17, 15) is 14.7 Å². The zero-order valence-corrected chi connectivity index (χ0v) is 20.0. The van der Waals surface area contributed by atoms with E-state index >= 15 is 0 Å². The Labute approximate surface area is 206 Å². The van der Waals surface area contributed by atoms with Crippen molar-refractivity contribution in [3.8, 4) is 28.4 Å². The van der Waals surface area contributed by atoms with E-state index in [-0.39, 0.29) is 11.3 Å². The van der Waals surface area contributed by atoms with Crippen LogP contribution in [-0.4, -0.2) is 25.9 Å². The summed E-state index contributed by atoms with van der Waals surface area (Å²) >= 11 is 0. The predicted octanol–water partition coefficient (Wildman–Crippen LogP) is 3.92. The number of phenolic OH excluding ortho intramolecular Hbond substituents is 1. The van der Waals surface area contributed by atoms with Crippen LogP contribution in [0.4, 0.5) is 5.69 Å². The lowest BCUT2D eigenvalue weighted by molar-refractivity contribution is 0.373. The van der Waals surface area contributed by atoms with Crippen LogP contribution in [0.2, 0.25) is 0 Å². The van der Waals surface area contributed by atoms with Crippen LogP contribution in [-0.2, 0) is 14.1 Å². The normalized spacial score (nSPS) is 14.2. The number of para-hydroxylation sites is 2. The van der Waals surface area contributed by atoms with Crippen LogP contribution >= 0.6 is 0 Å². The number of phenols is 1. The van der Waals surface area contributed by atoms with Crippen LogP contribution in [0, 0.1) is 0 Å². The van der Waals surface area contributed by atoms with E-state index in [0.29, 0.717) is 22.3 Å². The lowest BCUT2D eigenvalue weighted by Gasteiger charge is -2.31.